The van der Waals surface area contributed by atoms with Crippen LogP contribution in [0.3, 0.4) is 0 Å². The zero-order valence-corrected chi connectivity index (χ0v) is 10.4. The first-order valence-corrected chi connectivity index (χ1v) is 6.12. The van der Waals surface area contributed by atoms with Crippen LogP contribution in [0.15, 0.2) is 42.5 Å². The lowest BCUT2D eigenvalue weighted by atomic mass is 10.1. The maximum atomic E-state index is 13.5. The van der Waals surface area contributed by atoms with Crippen molar-refractivity contribution in [3.8, 4) is 0 Å². The van der Waals surface area contributed by atoms with E-state index in [-0.39, 0.29) is 18.0 Å². The van der Waals surface area contributed by atoms with E-state index in [4.69, 9.17) is 0 Å². The maximum Gasteiger partial charge on any atom is 0.255 e. The summed E-state index contributed by atoms with van der Waals surface area (Å²) >= 11 is 0. The number of nitrogens with one attached hydrogen (secondary N) is 2. The van der Waals surface area contributed by atoms with Gasteiger partial charge in [0.15, 0.2) is 0 Å². The molecule has 4 nitrogen and oxygen atoms in total. The summed E-state index contributed by atoms with van der Waals surface area (Å²) in [6, 6.07) is 10.9. The highest BCUT2D eigenvalue weighted by molar-refractivity contribution is 6.06. The van der Waals surface area contributed by atoms with Crippen molar-refractivity contribution in [1.82, 2.24) is 0 Å². The van der Waals surface area contributed by atoms with Crippen molar-refractivity contribution < 1.29 is 14.0 Å². The Morgan fingerprint density at radius 1 is 1.20 bits per heavy atom. The molecule has 0 aromatic heterocycles. The van der Waals surface area contributed by atoms with Crippen LogP contribution >= 0.6 is 0 Å². The van der Waals surface area contributed by atoms with Crippen LogP contribution in [-0.4, -0.2) is 11.8 Å². The van der Waals surface area contributed by atoms with Gasteiger partial charge in [-0.2, -0.15) is 0 Å². The number of hydrogen-bond acceptors (Lipinski definition) is 2. The molecular weight excluding hydrogens is 259 g/mol. The first-order valence-electron chi connectivity index (χ1n) is 6.12. The highest BCUT2D eigenvalue weighted by atomic mass is 19.1. The van der Waals surface area contributed by atoms with Crippen LogP contribution in [0.1, 0.15) is 15.9 Å². The van der Waals surface area contributed by atoms with E-state index in [2.05, 4.69) is 10.6 Å². The van der Waals surface area contributed by atoms with E-state index in [1.54, 1.807) is 30.3 Å². The van der Waals surface area contributed by atoms with Crippen LogP contribution in [0.25, 0.3) is 0 Å². The molecule has 0 saturated heterocycles. The number of hydrogen-bond donors (Lipinski definition) is 2. The third kappa shape index (κ3) is 2.25. The number of carbonyl (C=O) groups excluding carboxylic acids is 2. The highest BCUT2D eigenvalue weighted by Crippen LogP contribution is 2.24. The molecule has 1 aliphatic heterocycles. The van der Waals surface area contributed by atoms with E-state index in [0.29, 0.717) is 5.56 Å². The molecule has 2 amide bonds. The van der Waals surface area contributed by atoms with Crippen molar-refractivity contribution in [3.05, 3.63) is 59.4 Å². The summed E-state index contributed by atoms with van der Waals surface area (Å²) in [5.74, 6) is -0.984. The van der Waals surface area contributed by atoms with Gasteiger partial charge in [-0.1, -0.05) is 12.1 Å². The van der Waals surface area contributed by atoms with Gasteiger partial charge >= 0.3 is 0 Å². The molecule has 5 heteroatoms. The van der Waals surface area contributed by atoms with Gasteiger partial charge in [0.1, 0.15) is 5.82 Å². The Balaban J connectivity index is 1.84. The summed E-state index contributed by atoms with van der Waals surface area (Å²) in [6.07, 6.45) is 0.260. The number of rotatable bonds is 2. The Hall–Kier alpha value is -2.69. The molecule has 0 aliphatic carbocycles. The van der Waals surface area contributed by atoms with Gasteiger partial charge in [-0.15, -0.1) is 0 Å². The van der Waals surface area contributed by atoms with Crippen LogP contribution in [0.5, 0.6) is 0 Å². The highest BCUT2D eigenvalue weighted by Gasteiger charge is 2.19. The Bertz CT molecular complexity index is 713. The van der Waals surface area contributed by atoms with E-state index in [0.717, 1.165) is 11.3 Å². The Labute approximate surface area is 114 Å². The largest absolute Gasteiger partial charge is 0.326 e. The molecule has 2 aromatic carbocycles. The monoisotopic (exact) mass is 270 g/mol. The SMILES string of the molecule is O=C1Cc2cc(C(=O)Nc3ccccc3F)ccc2N1. The minimum Gasteiger partial charge on any atom is -0.326 e. The van der Waals surface area contributed by atoms with Gasteiger partial charge in [-0.3, -0.25) is 9.59 Å². The molecule has 3 rings (SSSR count). The van der Waals surface area contributed by atoms with Crippen LogP contribution in [0.2, 0.25) is 0 Å². The van der Waals surface area contributed by atoms with Crippen molar-refractivity contribution in [2.45, 2.75) is 6.42 Å². The Kier molecular flexibility index (Phi) is 2.95. The Morgan fingerprint density at radius 2 is 2.00 bits per heavy atom. The molecule has 0 atom stereocenters. The molecule has 1 heterocycles. The molecule has 0 unspecified atom stereocenters. The molecule has 0 saturated carbocycles. The summed E-state index contributed by atoms with van der Waals surface area (Å²) in [5.41, 5.74) is 2.02. The number of halogens is 1. The fourth-order valence-electron chi connectivity index (χ4n) is 2.13. The molecule has 0 bridgehead atoms. The maximum absolute atomic E-state index is 13.5. The van der Waals surface area contributed by atoms with E-state index in [1.165, 1.54) is 12.1 Å². The average Bonchev–Trinajstić information content (AvgIpc) is 2.80. The molecule has 2 aromatic rings. The first-order chi connectivity index (χ1) is 9.63. The van der Waals surface area contributed by atoms with Crippen LogP contribution in [-0.2, 0) is 11.2 Å². The summed E-state index contributed by atoms with van der Waals surface area (Å²) in [6.45, 7) is 0. The van der Waals surface area contributed by atoms with Gasteiger partial charge < -0.3 is 10.6 Å². The van der Waals surface area contributed by atoms with E-state index >= 15 is 0 Å². The summed E-state index contributed by atoms with van der Waals surface area (Å²) in [5, 5.41) is 5.20. The third-order valence-electron chi connectivity index (χ3n) is 3.11. The van der Waals surface area contributed by atoms with Crippen molar-refractivity contribution in [2.24, 2.45) is 0 Å². The zero-order valence-electron chi connectivity index (χ0n) is 10.4. The number of fused-ring (bicyclic) bond motifs is 1. The fraction of sp³-hybridized carbons (Fsp3) is 0.0667. The summed E-state index contributed by atoms with van der Waals surface area (Å²) in [7, 11) is 0. The predicted octanol–water partition coefficient (Wildman–Crippen LogP) is 2.57. The van der Waals surface area contributed by atoms with Crippen molar-refractivity contribution in [2.75, 3.05) is 10.6 Å². The third-order valence-corrected chi connectivity index (χ3v) is 3.11. The molecule has 0 spiro atoms. The van der Waals surface area contributed by atoms with Gasteiger partial charge in [0.25, 0.3) is 5.91 Å². The number of benzene rings is 2. The predicted molar refractivity (Wildman–Crippen MR) is 73.1 cm³/mol. The molecule has 100 valence electrons. The van der Waals surface area contributed by atoms with Gasteiger partial charge in [0, 0.05) is 11.3 Å². The molecule has 1 aliphatic rings. The van der Waals surface area contributed by atoms with Gasteiger partial charge in [-0.05, 0) is 35.9 Å². The molecule has 20 heavy (non-hydrogen) atoms. The molecule has 2 N–H and O–H groups in total. The smallest absolute Gasteiger partial charge is 0.255 e. The van der Waals surface area contributed by atoms with Crippen molar-refractivity contribution in [1.29, 1.82) is 0 Å². The molecular formula is C15H11FN2O2. The van der Waals surface area contributed by atoms with Gasteiger partial charge in [0.2, 0.25) is 5.91 Å². The van der Waals surface area contributed by atoms with Crippen LogP contribution < -0.4 is 10.6 Å². The van der Waals surface area contributed by atoms with E-state index < -0.39 is 11.7 Å². The fourth-order valence-corrected chi connectivity index (χ4v) is 2.13. The quantitative estimate of drug-likeness (QED) is 0.881. The molecule has 0 fully saturated rings. The van der Waals surface area contributed by atoms with E-state index in [9.17, 15) is 14.0 Å². The lowest BCUT2D eigenvalue weighted by Crippen LogP contribution is -2.13. The molecule has 0 radical (unpaired) electrons. The normalized spacial score (nSPS) is 12.8. The summed E-state index contributed by atoms with van der Waals surface area (Å²) < 4.78 is 13.5. The van der Waals surface area contributed by atoms with Crippen molar-refractivity contribution >= 4 is 23.2 Å². The minimum absolute atomic E-state index is 0.0911. The number of para-hydroxylation sites is 1. The second-order valence-corrected chi connectivity index (χ2v) is 4.53. The Morgan fingerprint density at radius 3 is 2.80 bits per heavy atom. The first kappa shape index (κ1) is 12.3. The standard InChI is InChI=1S/C15H11FN2O2/c16-11-3-1-2-4-13(11)18-15(20)9-5-6-12-10(7-9)8-14(19)17-12/h1-7H,8H2,(H,17,19)(H,18,20). The van der Waals surface area contributed by atoms with Gasteiger partial charge in [-0.25, -0.2) is 4.39 Å². The number of anilines is 2. The number of amides is 2. The lowest BCUT2D eigenvalue weighted by Gasteiger charge is -2.07. The topological polar surface area (TPSA) is 58.2 Å². The lowest BCUT2D eigenvalue weighted by molar-refractivity contribution is -0.115. The van der Waals surface area contributed by atoms with Crippen LogP contribution in [0.4, 0.5) is 15.8 Å². The zero-order chi connectivity index (χ0) is 14.1. The second-order valence-electron chi connectivity index (χ2n) is 4.53. The average molecular weight is 270 g/mol. The summed E-state index contributed by atoms with van der Waals surface area (Å²) in [4.78, 5) is 23.3. The van der Waals surface area contributed by atoms with Crippen molar-refractivity contribution in [3.63, 3.8) is 0 Å². The van der Waals surface area contributed by atoms with Gasteiger partial charge in [0.05, 0.1) is 12.1 Å². The minimum atomic E-state index is -0.487. The van der Waals surface area contributed by atoms with E-state index in [1.807, 2.05) is 0 Å². The number of carbonyl (C=O) groups is 2. The van der Waals surface area contributed by atoms with Crippen LogP contribution in [0, 0.1) is 5.82 Å². The second kappa shape index (κ2) is 4.77.